The van der Waals surface area contributed by atoms with E-state index in [9.17, 15) is 0 Å². The molecule has 0 amide bonds. The summed E-state index contributed by atoms with van der Waals surface area (Å²) in [6, 6.07) is 4.01. The topological polar surface area (TPSA) is 27.1 Å². The number of hydrogen-bond donors (Lipinski definition) is 0. The van der Waals surface area contributed by atoms with Crippen molar-refractivity contribution in [2.75, 3.05) is 7.11 Å². The van der Waals surface area contributed by atoms with Crippen molar-refractivity contribution < 1.29 is 4.74 Å². The highest BCUT2D eigenvalue weighted by atomic mass is 127. The molecule has 74 valence electrons. The van der Waals surface area contributed by atoms with E-state index in [2.05, 4.69) is 43.1 Å². The third-order valence-corrected chi connectivity index (χ3v) is 4.42. The maximum absolute atomic E-state index is 5.35. The molecule has 1 aromatic heterocycles. The van der Waals surface area contributed by atoms with Crippen molar-refractivity contribution in [2.24, 2.45) is 0 Å². The Kier molecular flexibility index (Phi) is 3.29. The highest BCUT2D eigenvalue weighted by Gasteiger charge is 2.11. The maximum Gasteiger partial charge on any atom is 0.159 e. The van der Waals surface area contributed by atoms with E-state index in [1.807, 2.05) is 22.8 Å². The lowest BCUT2D eigenvalue weighted by Crippen LogP contribution is -1.90. The average molecular weight is 385 g/mol. The zero-order valence-corrected chi connectivity index (χ0v) is 12.0. The van der Waals surface area contributed by atoms with Crippen LogP contribution < -0.4 is 4.74 Å². The molecule has 1 aromatic carbocycles. The van der Waals surface area contributed by atoms with Gasteiger partial charge in [0.25, 0.3) is 0 Å². The SMILES string of the molecule is COc1c(Br)ccc2cnn(PI)c12. The minimum Gasteiger partial charge on any atom is -0.493 e. The lowest BCUT2D eigenvalue weighted by molar-refractivity contribution is 0.416. The van der Waals surface area contributed by atoms with Gasteiger partial charge in [0, 0.05) is 5.39 Å². The van der Waals surface area contributed by atoms with E-state index in [1.54, 1.807) is 7.11 Å². The summed E-state index contributed by atoms with van der Waals surface area (Å²) in [5, 5.41) is 5.39. The van der Waals surface area contributed by atoms with Gasteiger partial charge in [-0.25, -0.2) is 4.45 Å². The normalized spacial score (nSPS) is 11.6. The summed E-state index contributed by atoms with van der Waals surface area (Å²) in [6.45, 7) is 0. The van der Waals surface area contributed by atoms with Crippen LogP contribution in [0.1, 0.15) is 0 Å². The van der Waals surface area contributed by atoms with Gasteiger partial charge in [0.15, 0.2) is 5.75 Å². The van der Waals surface area contributed by atoms with Crippen molar-refractivity contribution in [1.82, 2.24) is 9.55 Å². The summed E-state index contributed by atoms with van der Waals surface area (Å²) in [7, 11) is 1.67. The molecule has 0 saturated heterocycles. The van der Waals surface area contributed by atoms with Crippen LogP contribution in [0.25, 0.3) is 10.9 Å². The van der Waals surface area contributed by atoms with Crippen LogP contribution in [0, 0.1) is 0 Å². The third kappa shape index (κ3) is 1.66. The minimum atomic E-state index is 0.579. The first-order valence-corrected chi connectivity index (χ1v) is 8.70. The number of fused-ring (bicyclic) bond motifs is 1. The van der Waals surface area contributed by atoms with Gasteiger partial charge in [0.05, 0.1) is 24.2 Å². The van der Waals surface area contributed by atoms with Gasteiger partial charge >= 0.3 is 0 Å². The monoisotopic (exact) mass is 384 g/mol. The summed E-state index contributed by atoms with van der Waals surface area (Å²) >= 11 is 5.76. The number of benzene rings is 1. The van der Waals surface area contributed by atoms with E-state index in [1.165, 1.54) is 0 Å². The minimum absolute atomic E-state index is 0.579. The highest BCUT2D eigenvalue weighted by molar-refractivity contribution is 14.2. The van der Waals surface area contributed by atoms with Crippen molar-refractivity contribution >= 4 is 55.2 Å². The molecule has 1 atom stereocenters. The second-order valence-corrected chi connectivity index (χ2v) is 5.55. The molecule has 0 spiro atoms. The molecule has 6 heteroatoms. The summed E-state index contributed by atoms with van der Waals surface area (Å²) in [5.74, 6) is 0.851. The van der Waals surface area contributed by atoms with Crippen LogP contribution in [0.3, 0.4) is 0 Å². The van der Waals surface area contributed by atoms with Crippen molar-refractivity contribution in [1.29, 1.82) is 0 Å². The fourth-order valence-corrected chi connectivity index (χ4v) is 3.32. The number of rotatable bonds is 2. The molecule has 3 nitrogen and oxygen atoms in total. The Bertz CT molecular complexity index is 474. The Hall–Kier alpha value is 0.130. The smallest absolute Gasteiger partial charge is 0.159 e. The second-order valence-electron chi connectivity index (χ2n) is 2.66. The molecule has 0 fully saturated rings. The number of hydrogen-bond acceptors (Lipinski definition) is 2. The number of ether oxygens (including phenoxy) is 1. The lowest BCUT2D eigenvalue weighted by Gasteiger charge is -2.06. The maximum atomic E-state index is 5.35. The predicted molar refractivity (Wildman–Crippen MR) is 71.7 cm³/mol. The molecule has 0 radical (unpaired) electrons. The largest absolute Gasteiger partial charge is 0.493 e. The molecule has 0 aliphatic carbocycles. The fourth-order valence-electron chi connectivity index (χ4n) is 1.32. The molecule has 0 aliphatic rings. The van der Waals surface area contributed by atoms with Crippen LogP contribution in [0.15, 0.2) is 22.8 Å². The number of nitrogens with zero attached hydrogens (tertiary/aromatic N) is 2. The van der Waals surface area contributed by atoms with Gasteiger partial charge in [0.1, 0.15) is 5.52 Å². The summed E-state index contributed by atoms with van der Waals surface area (Å²) in [5.41, 5.74) is 1.05. The van der Waals surface area contributed by atoms with Crippen molar-refractivity contribution in [2.45, 2.75) is 0 Å². The zero-order chi connectivity index (χ0) is 10.1. The molecule has 0 N–H and O–H groups in total. The molecule has 0 aliphatic heterocycles. The first-order valence-electron chi connectivity index (χ1n) is 3.85. The number of methoxy groups -OCH3 is 1. The van der Waals surface area contributed by atoms with E-state index >= 15 is 0 Å². The molecule has 0 saturated carbocycles. The van der Waals surface area contributed by atoms with Crippen LogP contribution in [0.2, 0.25) is 0 Å². The molecule has 1 heterocycles. The Morgan fingerprint density at radius 1 is 1.57 bits per heavy atom. The number of aromatic nitrogens is 2. The molecule has 14 heavy (non-hydrogen) atoms. The molecule has 2 aromatic rings. The van der Waals surface area contributed by atoms with Crippen molar-refractivity contribution in [3.8, 4) is 5.75 Å². The first-order chi connectivity index (χ1) is 6.77. The molecule has 1 unspecified atom stereocenters. The Labute approximate surface area is 105 Å². The fraction of sp³-hybridized carbons (Fsp3) is 0.125. The number of halogens is 2. The molecular formula is C8H7BrIN2OP. The molecular weight excluding hydrogens is 378 g/mol. The zero-order valence-electron chi connectivity index (χ0n) is 7.29. The average Bonchev–Trinajstić information content (AvgIpc) is 2.61. The summed E-state index contributed by atoms with van der Waals surface area (Å²) in [4.78, 5) is 0. The Morgan fingerprint density at radius 2 is 2.36 bits per heavy atom. The summed E-state index contributed by atoms with van der Waals surface area (Å²) in [6.07, 6.45) is 2.44. The third-order valence-electron chi connectivity index (χ3n) is 1.92. The Morgan fingerprint density at radius 3 is 3.00 bits per heavy atom. The van der Waals surface area contributed by atoms with Crippen LogP contribution in [0.4, 0.5) is 0 Å². The van der Waals surface area contributed by atoms with E-state index in [0.717, 1.165) is 21.1 Å². The summed E-state index contributed by atoms with van der Waals surface area (Å²) < 4.78 is 8.26. The molecule has 2 rings (SSSR count). The lowest BCUT2D eigenvalue weighted by atomic mass is 10.2. The molecule has 0 bridgehead atoms. The first kappa shape index (κ1) is 10.6. The Balaban J connectivity index is 2.81. The van der Waals surface area contributed by atoms with Crippen molar-refractivity contribution in [3.05, 3.63) is 22.8 Å². The second kappa shape index (κ2) is 4.33. The van der Waals surface area contributed by atoms with E-state index < -0.39 is 0 Å². The quantitative estimate of drug-likeness (QED) is 0.584. The van der Waals surface area contributed by atoms with Gasteiger partial charge in [0.2, 0.25) is 0 Å². The van der Waals surface area contributed by atoms with Gasteiger partial charge < -0.3 is 4.74 Å². The van der Waals surface area contributed by atoms with Crippen LogP contribution in [-0.2, 0) is 0 Å². The van der Waals surface area contributed by atoms with Crippen LogP contribution in [-0.4, -0.2) is 16.7 Å². The van der Waals surface area contributed by atoms with Crippen LogP contribution in [0.5, 0.6) is 5.75 Å². The van der Waals surface area contributed by atoms with E-state index in [4.69, 9.17) is 4.74 Å². The van der Waals surface area contributed by atoms with E-state index in [0.29, 0.717) is 6.37 Å². The van der Waals surface area contributed by atoms with Crippen molar-refractivity contribution in [3.63, 3.8) is 0 Å². The highest BCUT2D eigenvalue weighted by Crippen LogP contribution is 2.37. The van der Waals surface area contributed by atoms with Gasteiger partial charge in [-0.15, -0.1) is 0 Å². The van der Waals surface area contributed by atoms with E-state index in [-0.39, 0.29) is 0 Å². The standard InChI is InChI=1S/C8H7BrIN2OP/c1-13-8-6(9)3-2-5-4-11-12(14-10)7(5)8/h2-4,14H,1H3. The van der Waals surface area contributed by atoms with Crippen LogP contribution >= 0.6 is 44.3 Å². The van der Waals surface area contributed by atoms with Gasteiger partial charge in [-0.2, -0.15) is 5.10 Å². The van der Waals surface area contributed by atoms with Gasteiger partial charge in [-0.1, -0.05) is 0 Å². The van der Waals surface area contributed by atoms with Gasteiger partial charge in [-0.3, -0.25) is 0 Å². The van der Waals surface area contributed by atoms with Gasteiger partial charge in [-0.05, 0) is 50.1 Å². The predicted octanol–water partition coefficient (Wildman–Crippen LogP) is 3.60.